The van der Waals surface area contributed by atoms with Gasteiger partial charge in [-0.2, -0.15) is 0 Å². The fraction of sp³-hybridized carbons (Fsp3) is 0.167. The van der Waals surface area contributed by atoms with Crippen LogP contribution in [0.2, 0.25) is 5.15 Å². The van der Waals surface area contributed by atoms with Gasteiger partial charge in [-0.1, -0.05) is 11.6 Å². The monoisotopic (exact) mass is 387 g/mol. The first-order valence-electron chi connectivity index (χ1n) is 3.32. The van der Waals surface area contributed by atoms with E-state index >= 15 is 0 Å². The third-order valence-electron chi connectivity index (χ3n) is 1.45. The van der Waals surface area contributed by atoms with Crippen LogP contribution in [0.25, 0.3) is 0 Å². The summed E-state index contributed by atoms with van der Waals surface area (Å²) in [7, 11) is 0.936. The van der Waals surface area contributed by atoms with Crippen LogP contribution in [0.15, 0.2) is 11.1 Å². The molecule has 0 saturated carbocycles. The third kappa shape index (κ3) is 2.89. The molecule has 84 valence electrons. The fourth-order valence-electron chi connectivity index (χ4n) is 0.821. The van der Waals surface area contributed by atoms with Crippen LogP contribution in [0, 0.1) is 3.57 Å². The molecule has 0 N–H and O–H groups in total. The van der Waals surface area contributed by atoms with Crippen LogP contribution in [0.4, 0.5) is 8.78 Å². The number of rotatable bonds is 2. The van der Waals surface area contributed by atoms with Crippen molar-refractivity contribution < 1.29 is 17.2 Å². The van der Waals surface area contributed by atoms with Gasteiger partial charge in [-0.15, -0.1) is 0 Å². The van der Waals surface area contributed by atoms with E-state index in [4.69, 9.17) is 22.3 Å². The van der Waals surface area contributed by atoms with Crippen LogP contribution in [-0.2, 0) is 9.05 Å². The van der Waals surface area contributed by atoms with Crippen LogP contribution in [-0.4, -0.2) is 13.4 Å². The molecule has 0 bridgehead atoms. The molecular weight excluding hydrogens is 386 g/mol. The van der Waals surface area contributed by atoms with Crippen molar-refractivity contribution in [3.05, 3.63) is 20.5 Å². The molecule has 1 heterocycles. The quantitative estimate of drug-likeness (QED) is 0.444. The lowest BCUT2D eigenvalue weighted by Crippen LogP contribution is -2.02. The molecule has 15 heavy (non-hydrogen) atoms. The average Bonchev–Trinajstić information content (AvgIpc) is 2.00. The van der Waals surface area contributed by atoms with Crippen LogP contribution in [0.3, 0.4) is 0 Å². The molecule has 0 radical (unpaired) electrons. The third-order valence-corrected chi connectivity index (χ3v) is 4.61. The molecule has 0 aromatic carbocycles. The van der Waals surface area contributed by atoms with E-state index in [9.17, 15) is 17.2 Å². The number of halogens is 5. The Hall–Kier alpha value is 0.270. The molecule has 0 saturated heterocycles. The summed E-state index contributed by atoms with van der Waals surface area (Å²) in [5, 5.41) is -0.432. The van der Waals surface area contributed by atoms with Gasteiger partial charge in [0.25, 0.3) is 15.5 Å². The number of nitrogens with zero attached hydrogens (tertiary/aromatic N) is 1. The second-order valence-electron chi connectivity index (χ2n) is 2.38. The molecule has 3 nitrogen and oxygen atoms in total. The van der Waals surface area contributed by atoms with Gasteiger partial charge in [0.1, 0.15) is 10.0 Å². The standard InChI is InChI=1S/C6H2Cl2F2INO2S/c7-5-3(6(9)10)4(11)2(1-12-5)15(8,13)14/h1,6H. The second-order valence-corrected chi connectivity index (χ2v) is 6.35. The van der Waals surface area contributed by atoms with E-state index in [1.165, 1.54) is 22.6 Å². The molecule has 9 heteroatoms. The Morgan fingerprint density at radius 1 is 1.47 bits per heavy atom. The van der Waals surface area contributed by atoms with Gasteiger partial charge in [0.05, 0.1) is 5.56 Å². The number of hydrogen-bond donors (Lipinski definition) is 0. The van der Waals surface area contributed by atoms with Crippen molar-refractivity contribution in [2.45, 2.75) is 11.3 Å². The molecular formula is C6H2Cl2F2INO2S. The minimum atomic E-state index is -4.10. The summed E-state index contributed by atoms with van der Waals surface area (Å²) in [6.45, 7) is 0. The smallest absolute Gasteiger partial charge is 0.243 e. The number of hydrogen-bond acceptors (Lipinski definition) is 3. The Bertz CT molecular complexity index is 494. The lowest BCUT2D eigenvalue weighted by molar-refractivity contribution is 0.149. The van der Waals surface area contributed by atoms with E-state index in [-0.39, 0.29) is 3.57 Å². The zero-order valence-electron chi connectivity index (χ0n) is 6.72. The van der Waals surface area contributed by atoms with E-state index in [0.717, 1.165) is 6.20 Å². The highest BCUT2D eigenvalue weighted by atomic mass is 127. The highest BCUT2D eigenvalue weighted by molar-refractivity contribution is 14.1. The van der Waals surface area contributed by atoms with Crippen molar-refractivity contribution in [1.82, 2.24) is 4.98 Å². The molecule has 1 aromatic rings. The molecule has 0 aliphatic heterocycles. The maximum absolute atomic E-state index is 12.5. The van der Waals surface area contributed by atoms with Crippen LogP contribution in [0.5, 0.6) is 0 Å². The van der Waals surface area contributed by atoms with Crippen molar-refractivity contribution in [2.75, 3.05) is 0 Å². The van der Waals surface area contributed by atoms with E-state index in [2.05, 4.69) is 4.98 Å². The van der Waals surface area contributed by atoms with Crippen molar-refractivity contribution in [3.8, 4) is 0 Å². The minimum absolute atomic E-state index is 0.211. The molecule has 0 spiro atoms. The molecule has 1 aromatic heterocycles. The predicted octanol–water partition coefficient (Wildman–Crippen LogP) is 3.20. The predicted molar refractivity (Wildman–Crippen MR) is 60.0 cm³/mol. The summed E-state index contributed by atoms with van der Waals surface area (Å²) in [6.07, 6.45) is -2.06. The van der Waals surface area contributed by atoms with Gasteiger partial charge in [-0.3, -0.25) is 0 Å². The summed E-state index contributed by atoms with van der Waals surface area (Å²) >= 11 is 6.85. The molecule has 0 unspecified atom stereocenters. The normalized spacial score (nSPS) is 12.1. The van der Waals surface area contributed by atoms with Crippen LogP contribution < -0.4 is 0 Å². The van der Waals surface area contributed by atoms with E-state index < -0.39 is 31.1 Å². The zero-order chi connectivity index (χ0) is 11.8. The van der Waals surface area contributed by atoms with Crippen molar-refractivity contribution in [1.29, 1.82) is 0 Å². The zero-order valence-corrected chi connectivity index (χ0v) is 11.2. The van der Waals surface area contributed by atoms with Crippen LogP contribution in [0.1, 0.15) is 12.0 Å². The Labute approximate surface area is 107 Å². The van der Waals surface area contributed by atoms with Gasteiger partial charge in [-0.25, -0.2) is 22.2 Å². The van der Waals surface area contributed by atoms with Gasteiger partial charge >= 0.3 is 0 Å². The molecule has 0 aliphatic rings. The summed E-state index contributed by atoms with van der Waals surface area (Å²) in [4.78, 5) is 2.88. The van der Waals surface area contributed by atoms with Gasteiger partial charge in [0.2, 0.25) is 0 Å². The summed E-state index contributed by atoms with van der Waals surface area (Å²) < 4.78 is 46.7. The minimum Gasteiger partial charge on any atom is -0.243 e. The lowest BCUT2D eigenvalue weighted by Gasteiger charge is -2.07. The Morgan fingerprint density at radius 3 is 2.40 bits per heavy atom. The van der Waals surface area contributed by atoms with Gasteiger partial charge < -0.3 is 0 Å². The first-order valence-corrected chi connectivity index (χ1v) is 7.08. The Balaban J connectivity index is 3.56. The maximum Gasteiger partial charge on any atom is 0.267 e. The first-order chi connectivity index (χ1) is 6.75. The molecule has 0 amide bonds. The second kappa shape index (κ2) is 4.64. The highest BCUT2D eigenvalue weighted by Crippen LogP contribution is 2.34. The SMILES string of the molecule is O=S(=O)(Cl)c1cnc(Cl)c(C(F)F)c1I. The Morgan fingerprint density at radius 2 is 2.00 bits per heavy atom. The fourth-order valence-corrected chi connectivity index (χ4v) is 3.95. The highest BCUT2D eigenvalue weighted by Gasteiger charge is 2.24. The van der Waals surface area contributed by atoms with Crippen molar-refractivity contribution in [3.63, 3.8) is 0 Å². The van der Waals surface area contributed by atoms with Gasteiger partial charge in [0, 0.05) is 20.4 Å². The van der Waals surface area contributed by atoms with Crippen molar-refractivity contribution >= 4 is 53.9 Å². The molecule has 0 fully saturated rings. The lowest BCUT2D eigenvalue weighted by atomic mass is 10.3. The van der Waals surface area contributed by atoms with Crippen molar-refractivity contribution in [2.24, 2.45) is 0 Å². The van der Waals surface area contributed by atoms with Gasteiger partial charge in [-0.05, 0) is 22.6 Å². The number of aromatic nitrogens is 1. The maximum atomic E-state index is 12.5. The molecule has 0 atom stereocenters. The largest absolute Gasteiger partial charge is 0.267 e. The summed E-state index contributed by atoms with van der Waals surface area (Å²) in [5.41, 5.74) is -0.626. The average molecular weight is 388 g/mol. The molecule has 1 rings (SSSR count). The number of pyridine rings is 1. The molecule has 0 aliphatic carbocycles. The van der Waals surface area contributed by atoms with Gasteiger partial charge in [0.15, 0.2) is 0 Å². The Kier molecular flexibility index (Phi) is 4.13. The topological polar surface area (TPSA) is 47.0 Å². The van der Waals surface area contributed by atoms with E-state index in [1.807, 2.05) is 0 Å². The summed E-state index contributed by atoms with van der Waals surface area (Å²) in [6, 6.07) is 0. The van der Waals surface area contributed by atoms with E-state index in [0.29, 0.717) is 0 Å². The first kappa shape index (κ1) is 13.3. The van der Waals surface area contributed by atoms with E-state index in [1.54, 1.807) is 0 Å². The summed E-state index contributed by atoms with van der Waals surface area (Å²) in [5.74, 6) is 0. The van der Waals surface area contributed by atoms with Crippen LogP contribution >= 0.6 is 44.9 Å². The number of alkyl halides is 2.